The van der Waals surface area contributed by atoms with Crippen molar-refractivity contribution in [3.05, 3.63) is 53.2 Å². The molecule has 0 aliphatic carbocycles. The van der Waals surface area contributed by atoms with Crippen molar-refractivity contribution in [1.29, 1.82) is 0 Å². The minimum atomic E-state index is 0.136. The van der Waals surface area contributed by atoms with Crippen LogP contribution in [0, 0.1) is 0 Å². The highest BCUT2D eigenvalue weighted by Gasteiger charge is 2.12. The van der Waals surface area contributed by atoms with Crippen molar-refractivity contribution >= 4 is 17.3 Å². The first-order valence-electron chi connectivity index (χ1n) is 6.55. The average Bonchev–Trinajstić information content (AvgIpc) is 2.99. The zero-order chi connectivity index (χ0) is 16.1. The second-order valence-corrected chi connectivity index (χ2v) is 5.06. The number of anilines is 1. The fourth-order valence-electron chi connectivity index (χ4n) is 2.01. The average molecular weight is 320 g/mol. The number of hydrogen-bond acceptors (Lipinski definition) is 5. The van der Waals surface area contributed by atoms with Gasteiger partial charge in [0.15, 0.2) is 0 Å². The van der Waals surface area contributed by atoms with Crippen LogP contribution in [0.5, 0.6) is 5.75 Å². The Kier molecular flexibility index (Phi) is 4.95. The first kappa shape index (κ1) is 15.8. The third kappa shape index (κ3) is 3.53. The number of aromatic amines is 1. The van der Waals surface area contributed by atoms with Gasteiger partial charge in [-0.2, -0.15) is 5.10 Å². The van der Waals surface area contributed by atoms with E-state index < -0.39 is 0 Å². The van der Waals surface area contributed by atoms with Crippen LogP contribution in [0.2, 0.25) is 0 Å². The van der Waals surface area contributed by atoms with Gasteiger partial charge in [0.1, 0.15) is 10.9 Å². The number of allylic oxidation sites excluding steroid dienone is 2. The molecule has 0 amide bonds. The SMILES string of the molecule is COc1c(N/C(C=C(N)Cl)=C(\C)N)cccc1-c1cn[nH]c1. The molecule has 1 aromatic heterocycles. The molecule has 116 valence electrons. The van der Waals surface area contributed by atoms with Crippen molar-refractivity contribution in [2.45, 2.75) is 6.92 Å². The third-order valence-corrected chi connectivity index (χ3v) is 3.11. The summed E-state index contributed by atoms with van der Waals surface area (Å²) in [5.41, 5.74) is 15.1. The molecule has 0 saturated carbocycles. The molecule has 7 heteroatoms. The molecular weight excluding hydrogens is 302 g/mol. The molecule has 2 aromatic rings. The van der Waals surface area contributed by atoms with Gasteiger partial charge in [0, 0.05) is 23.0 Å². The summed E-state index contributed by atoms with van der Waals surface area (Å²) in [7, 11) is 1.61. The van der Waals surface area contributed by atoms with Crippen molar-refractivity contribution in [1.82, 2.24) is 10.2 Å². The van der Waals surface area contributed by atoms with E-state index in [0.717, 1.165) is 16.8 Å². The Hall–Kier alpha value is -2.60. The maximum atomic E-state index is 5.86. The summed E-state index contributed by atoms with van der Waals surface area (Å²) in [6.45, 7) is 1.76. The van der Waals surface area contributed by atoms with Crippen molar-refractivity contribution in [3.8, 4) is 16.9 Å². The van der Waals surface area contributed by atoms with Gasteiger partial charge < -0.3 is 21.5 Å². The maximum Gasteiger partial charge on any atom is 0.150 e. The van der Waals surface area contributed by atoms with Crippen LogP contribution in [0.15, 0.2) is 53.2 Å². The number of benzene rings is 1. The Bertz CT molecular complexity index is 699. The van der Waals surface area contributed by atoms with Crippen molar-refractivity contribution in [2.24, 2.45) is 11.5 Å². The largest absolute Gasteiger partial charge is 0.494 e. The van der Waals surface area contributed by atoms with E-state index in [0.29, 0.717) is 17.1 Å². The Morgan fingerprint density at radius 2 is 2.18 bits per heavy atom. The molecule has 0 radical (unpaired) electrons. The van der Waals surface area contributed by atoms with E-state index in [-0.39, 0.29) is 5.16 Å². The van der Waals surface area contributed by atoms with Crippen molar-refractivity contribution in [2.75, 3.05) is 12.4 Å². The molecule has 2 rings (SSSR count). The topological polar surface area (TPSA) is 102 Å². The number of nitrogens with one attached hydrogen (secondary N) is 2. The van der Waals surface area contributed by atoms with Gasteiger partial charge in [0.05, 0.1) is 24.7 Å². The van der Waals surface area contributed by atoms with Crippen LogP contribution >= 0.6 is 11.6 Å². The van der Waals surface area contributed by atoms with Gasteiger partial charge in [0.2, 0.25) is 0 Å². The summed E-state index contributed by atoms with van der Waals surface area (Å²) in [5, 5.41) is 10.1. The van der Waals surface area contributed by atoms with Crippen LogP contribution in [-0.2, 0) is 0 Å². The molecule has 0 fully saturated rings. The van der Waals surface area contributed by atoms with Crippen LogP contribution < -0.4 is 21.5 Å². The normalized spacial score (nSPS) is 12.8. The van der Waals surface area contributed by atoms with Gasteiger partial charge in [-0.25, -0.2) is 0 Å². The van der Waals surface area contributed by atoms with Crippen LogP contribution in [0.25, 0.3) is 11.1 Å². The summed E-state index contributed by atoms with van der Waals surface area (Å²) in [6.07, 6.45) is 5.08. The van der Waals surface area contributed by atoms with Crippen LogP contribution in [0.4, 0.5) is 5.69 Å². The zero-order valence-corrected chi connectivity index (χ0v) is 13.1. The first-order valence-corrected chi connectivity index (χ1v) is 6.93. The van der Waals surface area contributed by atoms with Crippen LogP contribution in [0.3, 0.4) is 0 Å². The highest BCUT2D eigenvalue weighted by Crippen LogP contribution is 2.36. The number of H-pyrrole nitrogens is 1. The van der Waals surface area contributed by atoms with E-state index in [1.54, 1.807) is 32.5 Å². The minimum Gasteiger partial charge on any atom is -0.494 e. The molecule has 22 heavy (non-hydrogen) atoms. The Morgan fingerprint density at radius 1 is 1.41 bits per heavy atom. The molecular formula is C15H18ClN5O. The fourth-order valence-corrected chi connectivity index (χ4v) is 2.12. The van der Waals surface area contributed by atoms with Gasteiger partial charge in [-0.3, -0.25) is 5.10 Å². The molecule has 0 aliphatic rings. The predicted molar refractivity (Wildman–Crippen MR) is 89.2 cm³/mol. The monoisotopic (exact) mass is 319 g/mol. The Morgan fingerprint density at radius 3 is 2.73 bits per heavy atom. The number of nitrogens with zero attached hydrogens (tertiary/aromatic N) is 1. The van der Waals surface area contributed by atoms with Crippen molar-refractivity contribution in [3.63, 3.8) is 0 Å². The quantitative estimate of drug-likeness (QED) is 0.501. The second kappa shape index (κ2) is 6.91. The summed E-state index contributed by atoms with van der Waals surface area (Å²) >= 11 is 5.73. The lowest BCUT2D eigenvalue weighted by Gasteiger charge is -2.16. The summed E-state index contributed by atoms with van der Waals surface area (Å²) in [5.74, 6) is 0.671. The number of halogens is 1. The number of hydrogen-bond donors (Lipinski definition) is 4. The zero-order valence-electron chi connectivity index (χ0n) is 12.4. The molecule has 0 aliphatic heterocycles. The van der Waals surface area contributed by atoms with Gasteiger partial charge in [0.25, 0.3) is 0 Å². The smallest absolute Gasteiger partial charge is 0.150 e. The molecule has 0 spiro atoms. The Balaban J connectivity index is 2.46. The van der Waals surface area contributed by atoms with Crippen molar-refractivity contribution < 1.29 is 4.74 Å². The number of ether oxygens (including phenoxy) is 1. The molecule has 6 N–H and O–H groups in total. The lowest BCUT2D eigenvalue weighted by atomic mass is 10.1. The number of rotatable bonds is 5. The van der Waals surface area contributed by atoms with E-state index in [4.69, 9.17) is 27.8 Å². The number of aromatic nitrogens is 2. The Labute approximate surface area is 133 Å². The number of nitrogens with two attached hydrogens (primary N) is 2. The summed E-state index contributed by atoms with van der Waals surface area (Å²) < 4.78 is 5.53. The van der Waals surface area contributed by atoms with E-state index in [2.05, 4.69) is 15.5 Å². The van der Waals surface area contributed by atoms with Gasteiger partial charge in [-0.15, -0.1) is 0 Å². The van der Waals surface area contributed by atoms with E-state index in [1.807, 2.05) is 18.2 Å². The summed E-state index contributed by atoms with van der Waals surface area (Å²) in [4.78, 5) is 0. The van der Waals surface area contributed by atoms with E-state index >= 15 is 0 Å². The molecule has 0 saturated heterocycles. The van der Waals surface area contributed by atoms with E-state index in [9.17, 15) is 0 Å². The first-order chi connectivity index (χ1) is 10.5. The molecule has 0 bridgehead atoms. The lowest BCUT2D eigenvalue weighted by molar-refractivity contribution is 0.418. The van der Waals surface area contributed by atoms with Gasteiger partial charge >= 0.3 is 0 Å². The fraction of sp³-hybridized carbons (Fsp3) is 0.133. The highest BCUT2D eigenvalue weighted by molar-refractivity contribution is 6.29. The molecule has 0 atom stereocenters. The van der Waals surface area contributed by atoms with Gasteiger partial charge in [-0.05, 0) is 19.1 Å². The van der Waals surface area contributed by atoms with Gasteiger partial charge in [-0.1, -0.05) is 23.7 Å². The highest BCUT2D eigenvalue weighted by atomic mass is 35.5. The standard InChI is InChI=1S/C15H18ClN5O/c1-9(17)13(6-14(16)18)21-12-5-3-4-11(15(12)22-2)10-7-19-20-8-10/h3-8,21H,17-18H2,1-2H3,(H,19,20)/b13-9+,14-6?. The number of para-hydroxylation sites is 1. The third-order valence-electron chi connectivity index (χ3n) is 3.00. The second-order valence-electron chi connectivity index (χ2n) is 4.62. The lowest BCUT2D eigenvalue weighted by Crippen LogP contribution is -2.08. The predicted octanol–water partition coefficient (Wildman–Crippen LogP) is 2.73. The molecule has 6 nitrogen and oxygen atoms in total. The number of methoxy groups -OCH3 is 1. The van der Waals surface area contributed by atoms with E-state index in [1.165, 1.54) is 0 Å². The maximum absolute atomic E-state index is 5.86. The summed E-state index contributed by atoms with van der Waals surface area (Å²) in [6, 6.07) is 5.73. The van der Waals surface area contributed by atoms with Crippen LogP contribution in [-0.4, -0.2) is 17.3 Å². The minimum absolute atomic E-state index is 0.136. The molecule has 1 heterocycles. The molecule has 0 unspecified atom stereocenters. The molecule has 1 aromatic carbocycles. The van der Waals surface area contributed by atoms with Crippen LogP contribution in [0.1, 0.15) is 6.92 Å².